The molecule has 1 N–H and O–H groups in total. The lowest BCUT2D eigenvalue weighted by molar-refractivity contribution is -0.136. The number of amides is 4. The molecule has 8 nitrogen and oxygen atoms in total. The van der Waals surface area contributed by atoms with Crippen molar-refractivity contribution in [3.63, 3.8) is 0 Å². The Balaban J connectivity index is 1.53. The van der Waals surface area contributed by atoms with Gasteiger partial charge in [0, 0.05) is 37.0 Å². The number of carbonyl (C=O) groups is 3. The van der Waals surface area contributed by atoms with E-state index in [4.69, 9.17) is 16.3 Å². The molecule has 1 aromatic heterocycles. The fourth-order valence-electron chi connectivity index (χ4n) is 4.73. The molecule has 0 radical (unpaired) electrons. The molecule has 0 bridgehead atoms. The van der Waals surface area contributed by atoms with Crippen molar-refractivity contribution in [3.8, 4) is 0 Å². The van der Waals surface area contributed by atoms with Crippen LogP contribution in [-0.4, -0.2) is 71.5 Å². The molecule has 4 rings (SSSR count). The van der Waals surface area contributed by atoms with Crippen molar-refractivity contribution in [3.05, 3.63) is 51.4 Å². The van der Waals surface area contributed by atoms with Gasteiger partial charge in [-0.15, -0.1) is 11.3 Å². The number of benzene rings is 1. The summed E-state index contributed by atoms with van der Waals surface area (Å²) >= 11 is 7.89. The maximum absolute atomic E-state index is 13.6. The zero-order valence-electron chi connectivity index (χ0n) is 18.5. The fraction of sp³-hybridized carbons (Fsp3) is 0.478. The van der Waals surface area contributed by atoms with Crippen LogP contribution in [0.5, 0.6) is 0 Å². The van der Waals surface area contributed by atoms with Gasteiger partial charge in [0.15, 0.2) is 0 Å². The van der Waals surface area contributed by atoms with E-state index in [2.05, 4.69) is 10.3 Å². The highest BCUT2D eigenvalue weighted by Gasteiger charge is 2.56. The van der Waals surface area contributed by atoms with Gasteiger partial charge in [-0.2, -0.15) is 0 Å². The van der Waals surface area contributed by atoms with Gasteiger partial charge in [-0.25, -0.2) is 9.78 Å². The Morgan fingerprint density at radius 3 is 2.73 bits per heavy atom. The SMILES string of the molecule is COCCN1C(=O)N[C@@](Cc2ccccc2Cl)(C2CCN(C(=O)Cc3cscn3)CC2)C1=O. The average Bonchev–Trinajstić information content (AvgIpc) is 3.41. The first-order valence-electron chi connectivity index (χ1n) is 11.0. The van der Waals surface area contributed by atoms with Gasteiger partial charge in [-0.1, -0.05) is 29.8 Å². The van der Waals surface area contributed by atoms with Gasteiger partial charge in [0.25, 0.3) is 5.91 Å². The molecule has 1 atom stereocenters. The number of halogens is 1. The smallest absolute Gasteiger partial charge is 0.325 e. The Bertz CT molecular complexity index is 1010. The number of carbonyl (C=O) groups excluding carboxylic acids is 3. The molecule has 0 aliphatic carbocycles. The van der Waals surface area contributed by atoms with E-state index in [9.17, 15) is 14.4 Å². The lowest BCUT2D eigenvalue weighted by Gasteiger charge is -2.41. The van der Waals surface area contributed by atoms with Crippen LogP contribution in [0.4, 0.5) is 4.79 Å². The highest BCUT2D eigenvalue weighted by molar-refractivity contribution is 7.07. The number of nitrogens with zero attached hydrogens (tertiary/aromatic N) is 3. The summed E-state index contributed by atoms with van der Waals surface area (Å²) in [7, 11) is 1.54. The maximum Gasteiger partial charge on any atom is 0.325 e. The molecule has 33 heavy (non-hydrogen) atoms. The first kappa shape index (κ1) is 23.7. The van der Waals surface area contributed by atoms with Crippen LogP contribution in [0.2, 0.25) is 5.02 Å². The molecule has 2 fully saturated rings. The third-order valence-corrected chi connectivity index (χ3v) is 7.51. The quantitative estimate of drug-likeness (QED) is 0.574. The van der Waals surface area contributed by atoms with Crippen LogP contribution in [-0.2, 0) is 27.2 Å². The molecule has 3 heterocycles. The highest BCUT2D eigenvalue weighted by Crippen LogP contribution is 2.37. The van der Waals surface area contributed by atoms with Crippen LogP contribution in [0.25, 0.3) is 0 Å². The molecule has 176 valence electrons. The summed E-state index contributed by atoms with van der Waals surface area (Å²) in [6.45, 7) is 1.51. The first-order chi connectivity index (χ1) is 15.9. The lowest BCUT2D eigenvalue weighted by atomic mass is 9.74. The summed E-state index contributed by atoms with van der Waals surface area (Å²) in [5, 5.41) is 5.45. The minimum atomic E-state index is -1.10. The molecule has 0 saturated carbocycles. The number of piperidine rings is 1. The summed E-state index contributed by atoms with van der Waals surface area (Å²) in [5.41, 5.74) is 2.20. The second kappa shape index (κ2) is 10.2. The zero-order valence-corrected chi connectivity index (χ0v) is 20.0. The van der Waals surface area contributed by atoms with E-state index >= 15 is 0 Å². The van der Waals surface area contributed by atoms with E-state index in [1.165, 1.54) is 23.3 Å². The number of rotatable bonds is 8. The molecule has 1 aromatic carbocycles. The Labute approximate surface area is 201 Å². The van der Waals surface area contributed by atoms with Crippen LogP contribution < -0.4 is 5.32 Å². The van der Waals surface area contributed by atoms with Gasteiger partial charge in [-0.05, 0) is 30.4 Å². The topological polar surface area (TPSA) is 91.8 Å². The van der Waals surface area contributed by atoms with Crippen molar-refractivity contribution in [1.29, 1.82) is 0 Å². The number of nitrogens with one attached hydrogen (secondary N) is 1. The Morgan fingerprint density at radius 1 is 1.30 bits per heavy atom. The summed E-state index contributed by atoms with van der Waals surface area (Å²) in [6, 6.07) is 6.97. The van der Waals surface area contributed by atoms with E-state index in [1.54, 1.807) is 11.6 Å². The van der Waals surface area contributed by atoms with E-state index in [0.29, 0.717) is 37.4 Å². The summed E-state index contributed by atoms with van der Waals surface area (Å²) in [4.78, 5) is 46.4. The molecule has 0 unspecified atom stereocenters. The van der Waals surface area contributed by atoms with Gasteiger partial charge in [-0.3, -0.25) is 14.5 Å². The van der Waals surface area contributed by atoms with Crippen molar-refractivity contribution >= 4 is 40.8 Å². The van der Waals surface area contributed by atoms with Crippen molar-refractivity contribution in [2.24, 2.45) is 5.92 Å². The number of hydrogen-bond donors (Lipinski definition) is 1. The maximum atomic E-state index is 13.6. The van der Waals surface area contributed by atoms with E-state index in [-0.39, 0.29) is 37.3 Å². The molecule has 0 spiro atoms. The summed E-state index contributed by atoms with van der Waals surface area (Å²) < 4.78 is 5.09. The number of imide groups is 1. The predicted octanol–water partition coefficient (Wildman–Crippen LogP) is 2.76. The lowest BCUT2D eigenvalue weighted by Crippen LogP contribution is -2.58. The van der Waals surface area contributed by atoms with E-state index in [0.717, 1.165) is 11.3 Å². The number of aromatic nitrogens is 1. The molecule has 4 amide bonds. The molecule has 10 heteroatoms. The van der Waals surface area contributed by atoms with Gasteiger partial charge in [0.2, 0.25) is 5.91 Å². The molecule has 2 aliphatic heterocycles. The van der Waals surface area contributed by atoms with Crippen molar-refractivity contribution < 1.29 is 19.1 Å². The normalized spacial score (nSPS) is 21.5. The third kappa shape index (κ3) is 4.90. The Kier molecular flexibility index (Phi) is 7.31. The van der Waals surface area contributed by atoms with Crippen LogP contribution >= 0.6 is 22.9 Å². The summed E-state index contributed by atoms with van der Waals surface area (Å²) in [6.07, 6.45) is 1.80. The highest BCUT2D eigenvalue weighted by atomic mass is 35.5. The average molecular weight is 491 g/mol. The Morgan fingerprint density at radius 2 is 2.06 bits per heavy atom. The summed E-state index contributed by atoms with van der Waals surface area (Å²) in [5.74, 6) is -0.346. The van der Waals surface area contributed by atoms with Gasteiger partial charge < -0.3 is 15.0 Å². The number of ether oxygens (including phenoxy) is 1. The van der Waals surface area contributed by atoms with Crippen molar-refractivity contribution in [2.45, 2.75) is 31.2 Å². The van der Waals surface area contributed by atoms with Crippen LogP contribution in [0.15, 0.2) is 35.2 Å². The standard InChI is InChI=1S/C23H27ClN4O4S/c1-32-11-10-28-21(30)23(26-22(28)31,13-16-4-2-3-5-19(16)24)17-6-8-27(9-7-17)20(29)12-18-14-33-15-25-18/h2-5,14-15,17H,6-13H2,1H3,(H,26,31)/t23-/m0/s1. The van der Waals surface area contributed by atoms with E-state index in [1.807, 2.05) is 28.5 Å². The van der Waals surface area contributed by atoms with E-state index < -0.39 is 11.6 Å². The van der Waals surface area contributed by atoms with Crippen LogP contribution in [0.3, 0.4) is 0 Å². The van der Waals surface area contributed by atoms with Gasteiger partial charge in [0.1, 0.15) is 5.54 Å². The minimum Gasteiger partial charge on any atom is -0.383 e. The predicted molar refractivity (Wildman–Crippen MR) is 125 cm³/mol. The van der Waals surface area contributed by atoms with Crippen molar-refractivity contribution in [1.82, 2.24) is 20.1 Å². The number of urea groups is 1. The van der Waals surface area contributed by atoms with Gasteiger partial charge >= 0.3 is 6.03 Å². The monoisotopic (exact) mass is 490 g/mol. The number of thiazole rings is 1. The second-order valence-corrected chi connectivity index (χ2v) is 9.56. The van der Waals surface area contributed by atoms with Crippen molar-refractivity contribution in [2.75, 3.05) is 33.4 Å². The minimum absolute atomic E-state index is 0.0306. The first-order valence-corrected chi connectivity index (χ1v) is 12.3. The second-order valence-electron chi connectivity index (χ2n) is 8.43. The fourth-order valence-corrected chi connectivity index (χ4v) is 5.49. The molecule has 2 aromatic rings. The van der Waals surface area contributed by atoms with Crippen LogP contribution in [0.1, 0.15) is 24.1 Å². The number of likely N-dealkylation sites (tertiary alicyclic amines) is 1. The molecular formula is C23H27ClN4O4S. The molecule has 2 aliphatic rings. The number of hydrogen-bond acceptors (Lipinski definition) is 6. The largest absolute Gasteiger partial charge is 0.383 e. The number of methoxy groups -OCH3 is 1. The third-order valence-electron chi connectivity index (χ3n) is 6.51. The van der Waals surface area contributed by atoms with Gasteiger partial charge in [0.05, 0.1) is 30.8 Å². The zero-order chi connectivity index (χ0) is 23.4. The van der Waals surface area contributed by atoms with Crippen LogP contribution in [0, 0.1) is 5.92 Å². The molecule has 2 saturated heterocycles. The Hall–Kier alpha value is -2.49. The molecular weight excluding hydrogens is 464 g/mol.